The zero-order valence-corrected chi connectivity index (χ0v) is 9.52. The summed E-state index contributed by atoms with van der Waals surface area (Å²) in [4.78, 5) is 4.19. The van der Waals surface area contributed by atoms with Crippen LogP contribution in [0.25, 0.3) is 0 Å². The summed E-state index contributed by atoms with van der Waals surface area (Å²) >= 11 is 0. The summed E-state index contributed by atoms with van der Waals surface area (Å²) in [5.74, 6) is 3.16. The Morgan fingerprint density at radius 3 is 3.25 bits per heavy atom. The van der Waals surface area contributed by atoms with Gasteiger partial charge in [-0.15, -0.1) is 0 Å². The number of nitrogens with one attached hydrogen (secondary N) is 1. The molecule has 1 fully saturated rings. The fourth-order valence-electron chi connectivity index (χ4n) is 2.75. The molecule has 0 saturated heterocycles. The molecule has 0 bridgehead atoms. The van der Waals surface area contributed by atoms with Crippen molar-refractivity contribution in [2.24, 2.45) is 11.8 Å². The molecule has 4 nitrogen and oxygen atoms in total. The molecule has 2 aliphatic carbocycles. The van der Waals surface area contributed by atoms with Crippen molar-refractivity contribution in [3.63, 3.8) is 0 Å². The van der Waals surface area contributed by atoms with E-state index in [1.54, 1.807) is 0 Å². The van der Waals surface area contributed by atoms with Crippen LogP contribution in [0, 0.1) is 18.8 Å². The van der Waals surface area contributed by atoms with Crippen LogP contribution in [0.5, 0.6) is 0 Å². The molecule has 86 valence electrons. The van der Waals surface area contributed by atoms with Gasteiger partial charge in [-0.05, 0) is 31.6 Å². The summed E-state index contributed by atoms with van der Waals surface area (Å²) in [6.07, 6.45) is 8.12. The minimum Gasteiger partial charge on any atom is -0.339 e. The number of hydrogen-bond acceptors (Lipinski definition) is 4. The molecule has 1 saturated carbocycles. The summed E-state index contributed by atoms with van der Waals surface area (Å²) in [6.45, 7) is 2.78. The second-order valence-corrected chi connectivity index (χ2v) is 4.78. The lowest BCUT2D eigenvalue weighted by Crippen LogP contribution is -2.48. The van der Waals surface area contributed by atoms with Crippen LogP contribution in [0.15, 0.2) is 16.7 Å². The third-order valence-electron chi connectivity index (χ3n) is 3.68. The molecule has 3 rings (SSSR count). The molecule has 1 aromatic rings. The third-order valence-corrected chi connectivity index (χ3v) is 3.68. The highest BCUT2D eigenvalue weighted by molar-refractivity contribution is 5.12. The SMILES string of the molecule is Cc1noc(CCNC2CC3CC=CC32)n1. The van der Waals surface area contributed by atoms with Gasteiger partial charge in [-0.1, -0.05) is 17.3 Å². The molecule has 0 spiro atoms. The second-order valence-electron chi connectivity index (χ2n) is 4.78. The van der Waals surface area contributed by atoms with Crippen LogP contribution < -0.4 is 5.32 Å². The fourth-order valence-corrected chi connectivity index (χ4v) is 2.75. The van der Waals surface area contributed by atoms with E-state index < -0.39 is 0 Å². The van der Waals surface area contributed by atoms with Crippen molar-refractivity contribution < 1.29 is 4.52 Å². The van der Waals surface area contributed by atoms with Gasteiger partial charge >= 0.3 is 0 Å². The molecule has 16 heavy (non-hydrogen) atoms. The first-order chi connectivity index (χ1) is 7.83. The van der Waals surface area contributed by atoms with Gasteiger partial charge in [-0.25, -0.2) is 0 Å². The molecule has 0 aliphatic heterocycles. The molecule has 2 aliphatic rings. The van der Waals surface area contributed by atoms with Gasteiger partial charge in [0, 0.05) is 19.0 Å². The molecule has 0 radical (unpaired) electrons. The maximum atomic E-state index is 5.07. The molecule has 1 aromatic heterocycles. The Balaban J connectivity index is 1.42. The van der Waals surface area contributed by atoms with E-state index in [4.69, 9.17) is 4.52 Å². The van der Waals surface area contributed by atoms with Crippen LogP contribution in [0.1, 0.15) is 24.6 Å². The summed E-state index contributed by atoms with van der Waals surface area (Å²) in [5.41, 5.74) is 0. The normalized spacial score (nSPS) is 31.4. The average Bonchev–Trinajstić information content (AvgIpc) is 2.80. The first kappa shape index (κ1) is 10.0. The molecular weight excluding hydrogens is 202 g/mol. The number of allylic oxidation sites excluding steroid dienone is 1. The van der Waals surface area contributed by atoms with E-state index in [1.165, 1.54) is 12.8 Å². The van der Waals surface area contributed by atoms with E-state index in [0.717, 1.165) is 36.5 Å². The Morgan fingerprint density at radius 2 is 2.50 bits per heavy atom. The first-order valence-electron chi connectivity index (χ1n) is 6.02. The summed E-state index contributed by atoms with van der Waals surface area (Å²) in [7, 11) is 0. The largest absolute Gasteiger partial charge is 0.339 e. The maximum Gasteiger partial charge on any atom is 0.227 e. The highest BCUT2D eigenvalue weighted by Crippen LogP contribution is 2.42. The first-order valence-corrected chi connectivity index (χ1v) is 6.02. The number of aromatic nitrogens is 2. The van der Waals surface area contributed by atoms with E-state index in [1.807, 2.05) is 6.92 Å². The van der Waals surface area contributed by atoms with Crippen molar-refractivity contribution >= 4 is 0 Å². The predicted molar refractivity (Wildman–Crippen MR) is 59.9 cm³/mol. The van der Waals surface area contributed by atoms with Crippen molar-refractivity contribution in [2.75, 3.05) is 6.54 Å². The minimum absolute atomic E-state index is 0.674. The molecule has 4 heteroatoms. The van der Waals surface area contributed by atoms with Gasteiger partial charge in [0.1, 0.15) is 0 Å². The lowest BCUT2D eigenvalue weighted by molar-refractivity contribution is 0.163. The van der Waals surface area contributed by atoms with Crippen LogP contribution in [0.2, 0.25) is 0 Å². The van der Waals surface area contributed by atoms with Gasteiger partial charge < -0.3 is 9.84 Å². The topological polar surface area (TPSA) is 51.0 Å². The van der Waals surface area contributed by atoms with Crippen LogP contribution >= 0.6 is 0 Å². The molecule has 1 N–H and O–H groups in total. The summed E-state index contributed by atoms with van der Waals surface area (Å²) < 4.78 is 5.07. The molecule has 3 atom stereocenters. The third kappa shape index (κ3) is 1.78. The number of fused-ring (bicyclic) bond motifs is 1. The number of nitrogens with zero attached hydrogens (tertiary/aromatic N) is 2. The van der Waals surface area contributed by atoms with Gasteiger partial charge in [0.05, 0.1) is 0 Å². The van der Waals surface area contributed by atoms with Crippen molar-refractivity contribution in [2.45, 2.75) is 32.2 Å². The van der Waals surface area contributed by atoms with E-state index >= 15 is 0 Å². The Bertz CT molecular complexity index is 399. The van der Waals surface area contributed by atoms with Crippen molar-refractivity contribution in [3.8, 4) is 0 Å². The maximum absolute atomic E-state index is 5.07. The quantitative estimate of drug-likeness (QED) is 0.779. The van der Waals surface area contributed by atoms with Crippen molar-refractivity contribution in [3.05, 3.63) is 23.9 Å². The lowest BCUT2D eigenvalue weighted by atomic mass is 9.71. The smallest absolute Gasteiger partial charge is 0.227 e. The van der Waals surface area contributed by atoms with Crippen molar-refractivity contribution in [1.29, 1.82) is 0 Å². The molecule has 0 aromatic carbocycles. The van der Waals surface area contributed by atoms with Crippen LogP contribution in [0.3, 0.4) is 0 Å². The highest BCUT2D eigenvalue weighted by atomic mass is 16.5. The zero-order valence-electron chi connectivity index (χ0n) is 9.52. The number of aryl methyl sites for hydroxylation is 1. The molecule has 1 heterocycles. The number of hydrogen-bond donors (Lipinski definition) is 1. The van der Waals surface area contributed by atoms with E-state index in [2.05, 4.69) is 27.6 Å². The summed E-state index contributed by atoms with van der Waals surface area (Å²) in [5, 5.41) is 7.35. The minimum atomic E-state index is 0.674. The van der Waals surface area contributed by atoms with Crippen molar-refractivity contribution in [1.82, 2.24) is 15.5 Å². The molecule has 0 amide bonds. The average molecular weight is 219 g/mol. The molecule has 3 unspecified atom stereocenters. The van der Waals surface area contributed by atoms with Crippen LogP contribution in [0.4, 0.5) is 0 Å². The van der Waals surface area contributed by atoms with Gasteiger partial charge in [0.25, 0.3) is 0 Å². The van der Waals surface area contributed by atoms with Gasteiger partial charge in [-0.2, -0.15) is 4.98 Å². The summed E-state index contributed by atoms with van der Waals surface area (Å²) in [6, 6.07) is 0.674. The Kier molecular flexibility index (Phi) is 2.52. The van der Waals surface area contributed by atoms with Gasteiger partial charge in [0.2, 0.25) is 5.89 Å². The Morgan fingerprint density at radius 1 is 1.56 bits per heavy atom. The van der Waals surface area contributed by atoms with Gasteiger partial charge in [-0.3, -0.25) is 0 Å². The standard InChI is InChI=1S/C12H17N3O/c1-8-14-12(16-15-8)5-6-13-11-7-9-3-2-4-10(9)11/h2,4,9-11,13H,3,5-7H2,1H3. The van der Waals surface area contributed by atoms with E-state index in [0.29, 0.717) is 6.04 Å². The predicted octanol–water partition coefficient (Wildman–Crippen LogP) is 1.47. The van der Waals surface area contributed by atoms with E-state index in [9.17, 15) is 0 Å². The Labute approximate surface area is 95.1 Å². The monoisotopic (exact) mass is 219 g/mol. The van der Waals surface area contributed by atoms with Crippen LogP contribution in [-0.2, 0) is 6.42 Å². The fraction of sp³-hybridized carbons (Fsp3) is 0.667. The lowest BCUT2D eigenvalue weighted by Gasteiger charge is -2.40. The van der Waals surface area contributed by atoms with Crippen LogP contribution in [-0.4, -0.2) is 22.7 Å². The zero-order chi connectivity index (χ0) is 11.0. The van der Waals surface area contributed by atoms with Gasteiger partial charge in [0.15, 0.2) is 5.82 Å². The number of rotatable bonds is 4. The highest BCUT2D eigenvalue weighted by Gasteiger charge is 2.40. The molecular formula is C12H17N3O. The Hall–Kier alpha value is -1.16. The second kappa shape index (κ2) is 4.01. The van der Waals surface area contributed by atoms with E-state index in [-0.39, 0.29) is 0 Å².